The van der Waals surface area contributed by atoms with Crippen LogP contribution in [-0.2, 0) is 13.1 Å². The lowest BCUT2D eigenvalue weighted by Gasteiger charge is -2.09. The zero-order chi connectivity index (χ0) is 21.5. The van der Waals surface area contributed by atoms with E-state index in [0.717, 1.165) is 16.9 Å². The van der Waals surface area contributed by atoms with Gasteiger partial charge in [0.15, 0.2) is 0 Å². The van der Waals surface area contributed by atoms with Gasteiger partial charge in [0, 0.05) is 24.2 Å². The standard InChI is InChI=1S/C23H20Cl2N2O3/c1-30-19-7-2-4-15(10-19)13-26-22(28)17-5-3-6-18(12-17)23(29)27-14-16-8-9-20(24)21(25)11-16/h2-12H,13-14H2,1H3,(H,26,28)(H,27,29). The number of rotatable bonds is 7. The summed E-state index contributed by atoms with van der Waals surface area (Å²) in [7, 11) is 1.59. The van der Waals surface area contributed by atoms with Crippen molar-refractivity contribution < 1.29 is 14.3 Å². The molecule has 0 spiro atoms. The van der Waals surface area contributed by atoms with Crippen LogP contribution in [0.3, 0.4) is 0 Å². The quantitative estimate of drug-likeness (QED) is 0.548. The molecule has 2 amide bonds. The molecule has 2 N–H and O–H groups in total. The molecule has 0 atom stereocenters. The van der Waals surface area contributed by atoms with Crippen LogP contribution in [0.2, 0.25) is 10.0 Å². The SMILES string of the molecule is COc1cccc(CNC(=O)c2cccc(C(=O)NCc3ccc(Cl)c(Cl)c3)c2)c1. The average molecular weight is 443 g/mol. The van der Waals surface area contributed by atoms with Crippen molar-refractivity contribution >= 4 is 35.0 Å². The highest BCUT2D eigenvalue weighted by atomic mass is 35.5. The molecule has 0 heterocycles. The summed E-state index contributed by atoms with van der Waals surface area (Å²) in [6, 6.07) is 19.2. The Morgan fingerprint density at radius 2 is 1.37 bits per heavy atom. The smallest absolute Gasteiger partial charge is 0.251 e. The van der Waals surface area contributed by atoms with E-state index in [-0.39, 0.29) is 11.8 Å². The van der Waals surface area contributed by atoms with Gasteiger partial charge in [-0.3, -0.25) is 9.59 Å². The summed E-state index contributed by atoms with van der Waals surface area (Å²) >= 11 is 11.9. The minimum Gasteiger partial charge on any atom is -0.497 e. The summed E-state index contributed by atoms with van der Waals surface area (Å²) in [5, 5.41) is 6.55. The number of halogens is 2. The number of nitrogens with one attached hydrogen (secondary N) is 2. The van der Waals surface area contributed by atoms with Crippen molar-refractivity contribution in [3.05, 3.63) is 99.0 Å². The van der Waals surface area contributed by atoms with Crippen LogP contribution in [0.5, 0.6) is 5.75 Å². The van der Waals surface area contributed by atoms with Gasteiger partial charge in [0.2, 0.25) is 0 Å². The van der Waals surface area contributed by atoms with E-state index < -0.39 is 0 Å². The number of methoxy groups -OCH3 is 1. The maximum absolute atomic E-state index is 12.5. The third-order valence-corrected chi connectivity index (χ3v) is 5.15. The highest BCUT2D eigenvalue weighted by Crippen LogP contribution is 2.22. The van der Waals surface area contributed by atoms with Crippen molar-refractivity contribution in [2.45, 2.75) is 13.1 Å². The number of carbonyl (C=O) groups excluding carboxylic acids is 2. The molecule has 3 aromatic carbocycles. The summed E-state index contributed by atoms with van der Waals surface area (Å²) in [5.74, 6) is 0.169. The Morgan fingerprint density at radius 3 is 1.97 bits per heavy atom. The summed E-state index contributed by atoms with van der Waals surface area (Å²) in [6.45, 7) is 0.645. The third-order valence-electron chi connectivity index (χ3n) is 4.41. The van der Waals surface area contributed by atoms with Crippen molar-refractivity contribution in [2.75, 3.05) is 7.11 Å². The second kappa shape index (κ2) is 10.1. The third kappa shape index (κ3) is 5.75. The number of benzene rings is 3. The zero-order valence-corrected chi connectivity index (χ0v) is 17.8. The summed E-state index contributed by atoms with van der Waals surface area (Å²) < 4.78 is 5.18. The molecule has 154 valence electrons. The molecule has 30 heavy (non-hydrogen) atoms. The minimum atomic E-state index is -0.288. The van der Waals surface area contributed by atoms with Crippen molar-refractivity contribution in [3.63, 3.8) is 0 Å². The Kier molecular flexibility index (Phi) is 7.33. The van der Waals surface area contributed by atoms with Gasteiger partial charge in [0.05, 0.1) is 17.2 Å². The normalized spacial score (nSPS) is 10.4. The van der Waals surface area contributed by atoms with Gasteiger partial charge in [-0.1, -0.05) is 47.5 Å². The second-order valence-corrected chi connectivity index (χ2v) is 7.36. The molecule has 0 saturated carbocycles. The monoisotopic (exact) mass is 442 g/mol. The Labute approximate surface area is 185 Å². The molecule has 3 rings (SSSR count). The first-order valence-corrected chi connectivity index (χ1v) is 9.95. The van der Waals surface area contributed by atoms with Gasteiger partial charge in [-0.2, -0.15) is 0 Å². The van der Waals surface area contributed by atoms with Crippen LogP contribution in [0.25, 0.3) is 0 Å². The van der Waals surface area contributed by atoms with Crippen molar-refractivity contribution in [1.82, 2.24) is 10.6 Å². The molecule has 0 radical (unpaired) electrons. The van der Waals surface area contributed by atoms with E-state index in [2.05, 4.69) is 10.6 Å². The molecule has 0 unspecified atom stereocenters. The maximum Gasteiger partial charge on any atom is 0.251 e. The lowest BCUT2D eigenvalue weighted by Crippen LogP contribution is -2.25. The van der Waals surface area contributed by atoms with E-state index in [1.54, 1.807) is 49.6 Å². The molecule has 0 saturated heterocycles. The first kappa shape index (κ1) is 21.7. The molecule has 0 bridgehead atoms. The number of amides is 2. The van der Waals surface area contributed by atoms with Crippen molar-refractivity contribution in [2.24, 2.45) is 0 Å². The van der Waals surface area contributed by atoms with Crippen LogP contribution in [0.15, 0.2) is 66.7 Å². The van der Waals surface area contributed by atoms with Crippen LogP contribution >= 0.6 is 23.2 Å². The number of hydrogen-bond acceptors (Lipinski definition) is 3. The Hall–Kier alpha value is -3.02. The molecule has 0 fully saturated rings. The fourth-order valence-electron chi connectivity index (χ4n) is 2.80. The van der Waals surface area contributed by atoms with Gasteiger partial charge in [-0.25, -0.2) is 0 Å². The summed E-state index contributed by atoms with van der Waals surface area (Å²) in [4.78, 5) is 25.0. The molecule has 0 aliphatic rings. The van der Waals surface area contributed by atoms with Gasteiger partial charge in [-0.15, -0.1) is 0 Å². The average Bonchev–Trinajstić information content (AvgIpc) is 2.78. The van der Waals surface area contributed by atoms with Crippen LogP contribution in [0.1, 0.15) is 31.8 Å². The fourth-order valence-corrected chi connectivity index (χ4v) is 3.12. The van der Waals surface area contributed by atoms with E-state index in [4.69, 9.17) is 27.9 Å². The van der Waals surface area contributed by atoms with Crippen LogP contribution in [0, 0.1) is 0 Å². The highest BCUT2D eigenvalue weighted by Gasteiger charge is 2.11. The van der Waals surface area contributed by atoms with E-state index >= 15 is 0 Å². The molecular formula is C23H20Cl2N2O3. The molecule has 0 aliphatic heterocycles. The lowest BCUT2D eigenvalue weighted by atomic mass is 10.1. The fraction of sp³-hybridized carbons (Fsp3) is 0.130. The second-order valence-electron chi connectivity index (χ2n) is 6.55. The lowest BCUT2D eigenvalue weighted by molar-refractivity contribution is 0.0950. The number of hydrogen-bond donors (Lipinski definition) is 2. The summed E-state index contributed by atoms with van der Waals surface area (Å²) in [6.07, 6.45) is 0. The summed E-state index contributed by atoms with van der Waals surface area (Å²) in [5.41, 5.74) is 2.53. The van der Waals surface area contributed by atoms with E-state index in [0.29, 0.717) is 34.3 Å². The van der Waals surface area contributed by atoms with E-state index in [9.17, 15) is 9.59 Å². The van der Waals surface area contributed by atoms with Crippen molar-refractivity contribution in [3.8, 4) is 5.75 Å². The van der Waals surface area contributed by atoms with Gasteiger partial charge in [-0.05, 0) is 53.6 Å². The Morgan fingerprint density at radius 1 is 0.767 bits per heavy atom. The van der Waals surface area contributed by atoms with Crippen molar-refractivity contribution in [1.29, 1.82) is 0 Å². The zero-order valence-electron chi connectivity index (χ0n) is 16.2. The van der Waals surface area contributed by atoms with Gasteiger partial charge in [0.1, 0.15) is 5.75 Å². The molecule has 0 aromatic heterocycles. The van der Waals surface area contributed by atoms with E-state index in [1.165, 1.54) is 0 Å². The highest BCUT2D eigenvalue weighted by molar-refractivity contribution is 6.42. The van der Waals surface area contributed by atoms with Gasteiger partial charge >= 0.3 is 0 Å². The first-order chi connectivity index (χ1) is 14.5. The molecule has 0 aliphatic carbocycles. The molecular weight excluding hydrogens is 423 g/mol. The minimum absolute atomic E-state index is 0.267. The molecule has 7 heteroatoms. The van der Waals surface area contributed by atoms with Gasteiger partial charge < -0.3 is 15.4 Å². The van der Waals surface area contributed by atoms with Crippen LogP contribution < -0.4 is 15.4 Å². The van der Waals surface area contributed by atoms with Crippen LogP contribution in [0.4, 0.5) is 0 Å². The van der Waals surface area contributed by atoms with Gasteiger partial charge in [0.25, 0.3) is 11.8 Å². The number of carbonyl (C=O) groups is 2. The maximum atomic E-state index is 12.5. The first-order valence-electron chi connectivity index (χ1n) is 9.19. The van der Waals surface area contributed by atoms with E-state index in [1.807, 2.05) is 24.3 Å². The number of ether oxygens (including phenoxy) is 1. The predicted octanol–water partition coefficient (Wildman–Crippen LogP) is 4.86. The van der Waals surface area contributed by atoms with Crippen LogP contribution in [-0.4, -0.2) is 18.9 Å². The largest absolute Gasteiger partial charge is 0.497 e. The molecule has 5 nitrogen and oxygen atoms in total. The predicted molar refractivity (Wildman–Crippen MR) is 118 cm³/mol. The Balaban J connectivity index is 1.60. The molecule has 3 aromatic rings. The topological polar surface area (TPSA) is 67.4 Å². The Bertz CT molecular complexity index is 1070.